The molecule has 1 aliphatic rings. The van der Waals surface area contributed by atoms with E-state index in [-0.39, 0.29) is 11.4 Å². The SMILES string of the molecule is Cc1cccc(CN2c3ccccc3C(=O)C(=CNc3cccc(Cl)c3C)S2(=O)=O)c1. The fraction of sp³-hybridized carbons (Fsp3) is 0.125. The number of Topliss-reactive ketones (excluding diaryl/α,β-unsaturated/α-hetero) is 1. The van der Waals surface area contributed by atoms with Gasteiger partial charge in [-0.05, 0) is 49.2 Å². The maximum absolute atomic E-state index is 13.5. The van der Waals surface area contributed by atoms with Crippen LogP contribution in [0.15, 0.2) is 77.8 Å². The Kier molecular flexibility index (Phi) is 5.60. The molecule has 0 aliphatic carbocycles. The van der Waals surface area contributed by atoms with Gasteiger partial charge in [0.15, 0.2) is 4.91 Å². The fourth-order valence-electron chi connectivity index (χ4n) is 3.57. The van der Waals surface area contributed by atoms with Gasteiger partial charge in [0.2, 0.25) is 5.78 Å². The molecule has 1 aliphatic heterocycles. The lowest BCUT2D eigenvalue weighted by atomic mass is 10.1. The first-order valence-electron chi connectivity index (χ1n) is 9.73. The van der Waals surface area contributed by atoms with Crippen LogP contribution in [0.3, 0.4) is 0 Å². The van der Waals surface area contributed by atoms with E-state index in [1.54, 1.807) is 42.5 Å². The van der Waals surface area contributed by atoms with Crippen LogP contribution in [0.2, 0.25) is 5.02 Å². The van der Waals surface area contributed by atoms with Crippen LogP contribution >= 0.6 is 11.6 Å². The number of halogens is 1. The van der Waals surface area contributed by atoms with Gasteiger partial charge in [0.05, 0.1) is 12.2 Å². The lowest BCUT2D eigenvalue weighted by molar-refractivity contribution is 0.104. The summed E-state index contributed by atoms with van der Waals surface area (Å²) in [4.78, 5) is 12.8. The second-order valence-electron chi connectivity index (χ2n) is 7.41. The van der Waals surface area contributed by atoms with E-state index in [0.29, 0.717) is 22.0 Å². The molecule has 31 heavy (non-hydrogen) atoms. The van der Waals surface area contributed by atoms with Crippen molar-refractivity contribution in [2.75, 3.05) is 9.62 Å². The van der Waals surface area contributed by atoms with Gasteiger partial charge in [0.25, 0.3) is 10.0 Å². The van der Waals surface area contributed by atoms with Crippen LogP contribution < -0.4 is 9.62 Å². The number of rotatable bonds is 4. The quantitative estimate of drug-likeness (QED) is 0.535. The van der Waals surface area contributed by atoms with Gasteiger partial charge in [-0.15, -0.1) is 0 Å². The lowest BCUT2D eigenvalue weighted by Gasteiger charge is -2.31. The van der Waals surface area contributed by atoms with Crippen molar-refractivity contribution in [1.82, 2.24) is 0 Å². The number of hydrogen-bond acceptors (Lipinski definition) is 4. The summed E-state index contributed by atoms with van der Waals surface area (Å²) in [6, 6.07) is 19.7. The number of benzene rings is 3. The maximum atomic E-state index is 13.5. The molecule has 0 radical (unpaired) electrons. The Bertz CT molecular complexity index is 1320. The first-order valence-corrected chi connectivity index (χ1v) is 11.5. The second-order valence-corrected chi connectivity index (χ2v) is 9.65. The molecule has 1 N–H and O–H groups in total. The molecule has 0 amide bonds. The standard InChI is InChI=1S/C24H21ClN2O3S/c1-16-7-5-8-18(13-16)15-27-22-12-4-3-9-19(22)24(28)23(31(27,29)30)14-26-21-11-6-10-20(25)17(21)2/h3-14,26H,15H2,1-2H3. The van der Waals surface area contributed by atoms with E-state index in [1.807, 2.05) is 38.1 Å². The monoisotopic (exact) mass is 452 g/mol. The van der Waals surface area contributed by atoms with Crippen molar-refractivity contribution in [3.8, 4) is 0 Å². The molecule has 5 nitrogen and oxygen atoms in total. The Morgan fingerprint density at radius 1 is 1.00 bits per heavy atom. The van der Waals surface area contributed by atoms with Gasteiger partial charge in [-0.1, -0.05) is 59.6 Å². The molecule has 158 valence electrons. The Balaban J connectivity index is 1.80. The predicted molar refractivity (Wildman–Crippen MR) is 125 cm³/mol. The van der Waals surface area contributed by atoms with Gasteiger partial charge in [-0.3, -0.25) is 9.10 Å². The van der Waals surface area contributed by atoms with Crippen molar-refractivity contribution >= 4 is 38.8 Å². The number of aryl methyl sites for hydroxylation is 1. The van der Waals surface area contributed by atoms with Gasteiger partial charge >= 0.3 is 0 Å². The van der Waals surface area contributed by atoms with Crippen LogP contribution in [0.25, 0.3) is 0 Å². The number of allylic oxidation sites excluding steroid dienone is 1. The highest BCUT2D eigenvalue weighted by Gasteiger charge is 2.40. The molecule has 0 atom stereocenters. The molecule has 3 aromatic rings. The van der Waals surface area contributed by atoms with Crippen LogP contribution in [0.1, 0.15) is 27.0 Å². The fourth-order valence-corrected chi connectivity index (χ4v) is 5.28. The number of carbonyl (C=O) groups is 1. The number of nitrogens with one attached hydrogen (secondary N) is 1. The molecular formula is C24H21ClN2O3S. The predicted octanol–water partition coefficient (Wildman–Crippen LogP) is 5.44. The number of sulfonamides is 1. The third kappa shape index (κ3) is 3.96. The summed E-state index contributed by atoms with van der Waals surface area (Å²) in [6.07, 6.45) is 1.26. The number of anilines is 2. The molecule has 0 saturated carbocycles. The van der Waals surface area contributed by atoms with Crippen LogP contribution in [0.4, 0.5) is 11.4 Å². The molecule has 3 aromatic carbocycles. The van der Waals surface area contributed by atoms with Crippen LogP contribution in [0, 0.1) is 13.8 Å². The second kappa shape index (κ2) is 8.21. The maximum Gasteiger partial charge on any atom is 0.270 e. The van der Waals surface area contributed by atoms with Crippen molar-refractivity contribution in [2.24, 2.45) is 0 Å². The number of carbonyl (C=O) groups excluding carboxylic acids is 1. The minimum atomic E-state index is -4.08. The molecule has 7 heteroatoms. The molecule has 0 unspecified atom stereocenters. The average molecular weight is 453 g/mol. The third-order valence-corrected chi connectivity index (χ3v) is 7.42. The first kappa shape index (κ1) is 21.2. The zero-order valence-electron chi connectivity index (χ0n) is 17.1. The van der Waals surface area contributed by atoms with Crippen molar-refractivity contribution in [2.45, 2.75) is 20.4 Å². The van der Waals surface area contributed by atoms with Crippen molar-refractivity contribution in [3.63, 3.8) is 0 Å². The summed E-state index contributed by atoms with van der Waals surface area (Å²) in [5, 5.41) is 3.51. The van der Waals surface area contributed by atoms with E-state index < -0.39 is 15.8 Å². The smallest absolute Gasteiger partial charge is 0.270 e. The molecule has 0 spiro atoms. The van der Waals surface area contributed by atoms with E-state index in [9.17, 15) is 13.2 Å². The number of hydrogen-bond donors (Lipinski definition) is 1. The molecule has 0 fully saturated rings. The van der Waals surface area contributed by atoms with Gasteiger partial charge in [-0.2, -0.15) is 0 Å². The van der Waals surface area contributed by atoms with Crippen molar-refractivity contribution < 1.29 is 13.2 Å². The highest BCUT2D eigenvalue weighted by atomic mass is 35.5. The number of nitrogens with zero attached hydrogens (tertiary/aromatic N) is 1. The van der Waals surface area contributed by atoms with E-state index in [4.69, 9.17) is 11.6 Å². The Morgan fingerprint density at radius 2 is 1.74 bits per heavy atom. The minimum Gasteiger partial charge on any atom is -0.360 e. The molecule has 0 saturated heterocycles. The summed E-state index contributed by atoms with van der Waals surface area (Å²) >= 11 is 6.16. The van der Waals surface area contributed by atoms with Crippen molar-refractivity contribution in [1.29, 1.82) is 0 Å². The third-order valence-electron chi connectivity index (χ3n) is 5.24. The molecule has 0 aromatic heterocycles. The van der Waals surface area contributed by atoms with Crippen LogP contribution in [-0.2, 0) is 16.6 Å². The normalized spacial score (nSPS) is 16.3. The van der Waals surface area contributed by atoms with E-state index in [1.165, 1.54) is 10.5 Å². The molecule has 0 bridgehead atoms. The molecule has 1 heterocycles. The zero-order valence-corrected chi connectivity index (χ0v) is 18.7. The summed E-state index contributed by atoms with van der Waals surface area (Å²) in [5.74, 6) is -0.539. The zero-order chi connectivity index (χ0) is 22.2. The average Bonchev–Trinajstić information content (AvgIpc) is 2.74. The van der Waals surface area contributed by atoms with E-state index in [2.05, 4.69) is 5.32 Å². The van der Waals surface area contributed by atoms with Crippen LogP contribution in [0.5, 0.6) is 0 Å². The number of fused-ring (bicyclic) bond motifs is 1. The largest absolute Gasteiger partial charge is 0.360 e. The van der Waals surface area contributed by atoms with E-state index in [0.717, 1.165) is 16.7 Å². The number of ketones is 1. The van der Waals surface area contributed by atoms with Gasteiger partial charge in [0.1, 0.15) is 0 Å². The Labute approximate surface area is 187 Å². The van der Waals surface area contributed by atoms with Gasteiger partial charge in [0, 0.05) is 22.5 Å². The summed E-state index contributed by atoms with van der Waals surface area (Å²) in [6.45, 7) is 3.90. The van der Waals surface area contributed by atoms with Crippen LogP contribution in [-0.4, -0.2) is 14.2 Å². The summed E-state index contributed by atoms with van der Waals surface area (Å²) < 4.78 is 28.3. The van der Waals surface area contributed by atoms with Gasteiger partial charge < -0.3 is 5.32 Å². The highest BCUT2D eigenvalue weighted by molar-refractivity contribution is 7.97. The molecule has 4 rings (SSSR count). The summed E-state index contributed by atoms with van der Waals surface area (Å²) in [7, 11) is -4.08. The van der Waals surface area contributed by atoms with Crippen molar-refractivity contribution in [3.05, 3.63) is 105 Å². The Morgan fingerprint density at radius 3 is 2.52 bits per heavy atom. The highest BCUT2D eigenvalue weighted by Crippen LogP contribution is 2.36. The number of para-hydroxylation sites is 1. The lowest BCUT2D eigenvalue weighted by Crippen LogP contribution is -2.39. The molecular weight excluding hydrogens is 432 g/mol. The summed E-state index contributed by atoms with van der Waals surface area (Å²) in [5.41, 5.74) is 3.99. The Hall–Kier alpha value is -3.09. The van der Waals surface area contributed by atoms with E-state index >= 15 is 0 Å². The first-order chi connectivity index (χ1) is 14.8. The van der Waals surface area contributed by atoms with Gasteiger partial charge in [-0.25, -0.2) is 8.42 Å². The minimum absolute atomic E-state index is 0.127. The topological polar surface area (TPSA) is 66.5 Å².